The van der Waals surface area contributed by atoms with Crippen molar-refractivity contribution in [2.75, 3.05) is 18.7 Å². The van der Waals surface area contributed by atoms with E-state index in [-0.39, 0.29) is 31.3 Å². The fourth-order valence-corrected chi connectivity index (χ4v) is 6.71. The van der Waals surface area contributed by atoms with Gasteiger partial charge >= 0.3 is 10.3 Å². The van der Waals surface area contributed by atoms with E-state index in [4.69, 9.17) is 18.8 Å². The summed E-state index contributed by atoms with van der Waals surface area (Å²) >= 11 is 1.57. The van der Waals surface area contributed by atoms with E-state index in [9.17, 15) is 13.5 Å². The highest BCUT2D eigenvalue weighted by Gasteiger charge is 2.36. The Hall–Kier alpha value is -2.51. The first kappa shape index (κ1) is 22.0. The number of nitrogens with zero attached hydrogens (tertiary/aromatic N) is 2. The summed E-state index contributed by atoms with van der Waals surface area (Å²) in [7, 11) is -4.04. The molecule has 0 amide bonds. The number of aromatic nitrogens is 2. The zero-order valence-electron chi connectivity index (χ0n) is 18.1. The molecule has 4 atom stereocenters. The molecule has 2 aromatic heterocycles. The normalized spacial score (nSPS) is 25.7. The van der Waals surface area contributed by atoms with Crippen molar-refractivity contribution in [3.8, 4) is 11.5 Å². The molecule has 10 nitrogen and oxygen atoms in total. The molecule has 3 aliphatic rings. The number of aryl methyl sites for hydroxylation is 1. The van der Waals surface area contributed by atoms with Crippen LogP contribution in [0, 0.1) is 5.92 Å². The van der Waals surface area contributed by atoms with Crippen LogP contribution in [0.4, 0.5) is 5.82 Å². The molecule has 2 aliphatic carbocycles. The van der Waals surface area contributed by atoms with Gasteiger partial charge < -0.3 is 19.9 Å². The zero-order valence-corrected chi connectivity index (χ0v) is 19.8. The lowest BCUT2D eigenvalue weighted by Gasteiger charge is -2.16. The summed E-state index contributed by atoms with van der Waals surface area (Å²) in [6.07, 6.45) is 3.91. The summed E-state index contributed by atoms with van der Waals surface area (Å²) < 4.78 is 39.0. The largest absolute Gasteiger partial charge is 0.454 e. The topological polar surface area (TPSA) is 146 Å². The summed E-state index contributed by atoms with van der Waals surface area (Å²) in [4.78, 5) is 9.07. The number of fused-ring (bicyclic) bond motifs is 3. The fourth-order valence-electron chi connectivity index (χ4n) is 5.29. The number of aliphatic hydroxyl groups excluding tert-OH is 1. The Labute approximate surface area is 200 Å². The van der Waals surface area contributed by atoms with Crippen LogP contribution in [0.1, 0.15) is 47.9 Å². The minimum absolute atomic E-state index is 0.0486. The molecule has 180 valence electrons. The Morgan fingerprint density at radius 3 is 2.85 bits per heavy atom. The third-order valence-electron chi connectivity index (χ3n) is 6.95. The van der Waals surface area contributed by atoms with Crippen molar-refractivity contribution in [1.29, 1.82) is 0 Å². The lowest BCUT2D eigenvalue weighted by Crippen LogP contribution is -2.24. The molecule has 0 bridgehead atoms. The zero-order chi connectivity index (χ0) is 23.4. The summed E-state index contributed by atoms with van der Waals surface area (Å²) in [5, 5.41) is 21.1. The molecule has 1 fully saturated rings. The molecule has 6 rings (SSSR count). The Morgan fingerprint density at radius 1 is 1.21 bits per heavy atom. The van der Waals surface area contributed by atoms with Crippen LogP contribution in [0.3, 0.4) is 0 Å². The van der Waals surface area contributed by atoms with Crippen LogP contribution in [0.15, 0.2) is 23.8 Å². The van der Waals surface area contributed by atoms with Crippen LogP contribution in [0.25, 0.3) is 10.2 Å². The minimum atomic E-state index is -4.04. The molecule has 1 aliphatic heterocycles. The van der Waals surface area contributed by atoms with E-state index >= 15 is 0 Å². The summed E-state index contributed by atoms with van der Waals surface area (Å²) in [6.45, 7) is 0.131. The number of aliphatic hydroxyl groups is 1. The first-order valence-corrected chi connectivity index (χ1v) is 13.5. The van der Waals surface area contributed by atoms with Crippen molar-refractivity contribution in [1.82, 2.24) is 9.97 Å². The second-order valence-electron chi connectivity index (χ2n) is 9.00. The van der Waals surface area contributed by atoms with Crippen molar-refractivity contribution >= 4 is 37.7 Å². The van der Waals surface area contributed by atoms with Gasteiger partial charge in [-0.15, -0.1) is 11.3 Å². The van der Waals surface area contributed by atoms with Crippen LogP contribution in [0.5, 0.6) is 11.5 Å². The number of anilines is 1. The quantitative estimate of drug-likeness (QED) is 0.461. The highest BCUT2D eigenvalue weighted by molar-refractivity contribution is 7.84. The molecule has 1 saturated carbocycles. The summed E-state index contributed by atoms with van der Waals surface area (Å²) in [5.41, 5.74) is 4.35. The highest BCUT2D eigenvalue weighted by Crippen LogP contribution is 2.46. The number of nitrogens with one attached hydrogen (secondary N) is 1. The van der Waals surface area contributed by atoms with E-state index in [2.05, 4.69) is 32.8 Å². The van der Waals surface area contributed by atoms with E-state index in [1.165, 1.54) is 11.1 Å². The molecule has 34 heavy (non-hydrogen) atoms. The number of rotatable bonds is 6. The Kier molecular flexibility index (Phi) is 5.37. The Bertz CT molecular complexity index is 1360. The molecule has 1 aromatic carbocycles. The van der Waals surface area contributed by atoms with Gasteiger partial charge in [0.15, 0.2) is 11.5 Å². The lowest BCUT2D eigenvalue weighted by atomic mass is 9.98. The number of ether oxygens (including phenoxy) is 2. The van der Waals surface area contributed by atoms with Crippen molar-refractivity contribution in [3.63, 3.8) is 0 Å². The van der Waals surface area contributed by atoms with Gasteiger partial charge in [-0.3, -0.25) is 4.18 Å². The SMILES string of the molecule is NS(=O)(=O)OC[C@@H]1C[C@@H](c2csc3c(NC4CCc5cc6c(cc54)OCO6)ncnc23)C[C@@H]1O. The fraction of sp³-hybridized carbons (Fsp3) is 0.455. The molecule has 3 aromatic rings. The van der Waals surface area contributed by atoms with E-state index in [0.717, 1.165) is 45.9 Å². The van der Waals surface area contributed by atoms with E-state index < -0.39 is 16.4 Å². The van der Waals surface area contributed by atoms with Crippen LogP contribution in [0.2, 0.25) is 0 Å². The van der Waals surface area contributed by atoms with Crippen molar-refractivity contribution in [2.24, 2.45) is 11.1 Å². The number of hydrogen-bond donors (Lipinski definition) is 3. The number of nitrogens with two attached hydrogens (primary N) is 1. The van der Waals surface area contributed by atoms with Gasteiger partial charge in [0.1, 0.15) is 12.1 Å². The van der Waals surface area contributed by atoms with E-state index in [0.29, 0.717) is 12.8 Å². The maximum Gasteiger partial charge on any atom is 0.333 e. The maximum atomic E-state index is 11.1. The smallest absolute Gasteiger partial charge is 0.333 e. The summed E-state index contributed by atoms with van der Waals surface area (Å²) in [6, 6.07) is 4.24. The maximum absolute atomic E-state index is 11.1. The second-order valence-corrected chi connectivity index (χ2v) is 11.1. The molecule has 3 heterocycles. The molecule has 12 heteroatoms. The molecular formula is C22H24N4O6S2. The van der Waals surface area contributed by atoms with Gasteiger partial charge in [0.25, 0.3) is 0 Å². The first-order valence-electron chi connectivity index (χ1n) is 11.1. The van der Waals surface area contributed by atoms with Gasteiger partial charge in [-0.05, 0) is 65.8 Å². The standard InChI is InChI=1S/C22H24N4O6S2/c23-34(28,29)32-7-13-3-12(4-17(13)27)15-8-33-21-20(15)24-9-25-22(21)26-16-2-1-11-5-18-19(6-14(11)16)31-10-30-18/h5-6,8-9,12-13,16-17,27H,1-4,7,10H2,(H2,23,28,29)(H,24,25,26)/t12-,13+,16?,17+/m1/s1. The number of thiophene rings is 1. The van der Waals surface area contributed by atoms with E-state index in [1.54, 1.807) is 17.7 Å². The first-order chi connectivity index (χ1) is 16.4. The minimum Gasteiger partial charge on any atom is -0.454 e. The van der Waals surface area contributed by atoms with Crippen molar-refractivity contribution < 1.29 is 27.2 Å². The molecular weight excluding hydrogens is 480 g/mol. The van der Waals surface area contributed by atoms with Gasteiger partial charge in [-0.25, -0.2) is 15.1 Å². The van der Waals surface area contributed by atoms with Crippen LogP contribution in [-0.2, 0) is 20.9 Å². The van der Waals surface area contributed by atoms with Gasteiger partial charge in [0.05, 0.1) is 29.0 Å². The van der Waals surface area contributed by atoms with Crippen LogP contribution >= 0.6 is 11.3 Å². The Balaban J connectivity index is 1.23. The van der Waals surface area contributed by atoms with Crippen molar-refractivity contribution in [3.05, 3.63) is 40.5 Å². The van der Waals surface area contributed by atoms with Gasteiger partial charge in [-0.2, -0.15) is 8.42 Å². The number of hydrogen-bond acceptors (Lipinski definition) is 10. The molecule has 4 N–H and O–H groups in total. The van der Waals surface area contributed by atoms with Crippen molar-refractivity contribution in [2.45, 2.75) is 43.7 Å². The lowest BCUT2D eigenvalue weighted by molar-refractivity contribution is 0.101. The van der Waals surface area contributed by atoms with Gasteiger partial charge in [0, 0.05) is 5.92 Å². The molecule has 0 radical (unpaired) electrons. The third-order valence-corrected chi connectivity index (χ3v) is 8.41. The molecule has 0 spiro atoms. The Morgan fingerprint density at radius 2 is 2.03 bits per heavy atom. The number of benzene rings is 1. The monoisotopic (exact) mass is 504 g/mol. The molecule has 0 saturated heterocycles. The van der Waals surface area contributed by atoms with E-state index in [1.807, 2.05) is 0 Å². The van der Waals surface area contributed by atoms with Gasteiger partial charge in [-0.1, -0.05) is 0 Å². The summed E-state index contributed by atoms with van der Waals surface area (Å²) in [5.74, 6) is 2.11. The predicted octanol–water partition coefficient (Wildman–Crippen LogP) is 2.59. The average molecular weight is 505 g/mol. The predicted molar refractivity (Wildman–Crippen MR) is 125 cm³/mol. The van der Waals surface area contributed by atoms with Crippen LogP contribution < -0.4 is 19.9 Å². The molecule has 1 unspecified atom stereocenters. The third kappa shape index (κ3) is 3.99. The van der Waals surface area contributed by atoms with Gasteiger partial charge in [0.2, 0.25) is 6.79 Å². The van der Waals surface area contributed by atoms with Crippen LogP contribution in [-0.4, -0.2) is 43.0 Å². The second kappa shape index (κ2) is 8.31. The highest BCUT2D eigenvalue weighted by atomic mass is 32.2. The average Bonchev–Trinajstić information content (AvgIpc) is 3.56.